The minimum absolute atomic E-state index is 0.728. The van der Waals surface area contributed by atoms with Gasteiger partial charge in [-0.3, -0.25) is 0 Å². The first-order valence-electron chi connectivity index (χ1n) is 12.7. The zero-order valence-corrected chi connectivity index (χ0v) is 22.7. The Hall–Kier alpha value is -4.20. The van der Waals surface area contributed by atoms with Crippen molar-refractivity contribution < 1.29 is 8.98 Å². The van der Waals surface area contributed by atoms with Crippen LogP contribution in [0, 0.1) is 20.4 Å². The average Bonchev–Trinajstić information content (AvgIpc) is 3.37. The maximum Gasteiger partial charge on any atom is 0.224 e. The van der Waals surface area contributed by atoms with E-state index in [1.165, 1.54) is 60.0 Å². The molecule has 0 N–H and O–H groups in total. The lowest BCUT2D eigenvalue weighted by atomic mass is 9.93. The zero-order chi connectivity index (χ0) is 25.6. The van der Waals surface area contributed by atoms with Crippen molar-refractivity contribution in [3.8, 4) is 22.4 Å². The molecule has 4 heteroatoms. The predicted octanol–water partition coefficient (Wildman–Crippen LogP) is 7.20. The van der Waals surface area contributed by atoms with E-state index >= 15 is 0 Å². The van der Waals surface area contributed by atoms with Crippen molar-refractivity contribution in [2.24, 2.45) is 7.05 Å². The summed E-state index contributed by atoms with van der Waals surface area (Å²) in [6.07, 6.45) is 2.20. The Labute approximate surface area is 217 Å². The van der Waals surface area contributed by atoms with Gasteiger partial charge >= 0.3 is 0 Å². The van der Waals surface area contributed by atoms with Gasteiger partial charge in [-0.25, -0.2) is 9.41 Å². The van der Waals surface area contributed by atoms with Gasteiger partial charge in [-0.15, -0.1) is 0 Å². The molecule has 178 valence electrons. The molecule has 37 heavy (non-hydrogen) atoms. The van der Waals surface area contributed by atoms with Crippen LogP contribution in [0.25, 0.3) is 59.9 Å². The first kappa shape index (κ1) is 22.0. The summed E-state index contributed by atoms with van der Waals surface area (Å²) < 4.78 is 8.80. The maximum absolute atomic E-state index is 7.55. The van der Waals surface area contributed by atoms with Crippen molar-refractivity contribution in [1.82, 2.24) is 0 Å². The molecule has 0 fully saturated rings. The molecule has 0 atom stereocenters. The van der Waals surface area contributed by atoms with Gasteiger partial charge in [0.05, 0.1) is 17.5 Å². The average molecular weight is 496 g/mol. The highest BCUT2D eigenvalue weighted by atomic mass is 28.3. The highest BCUT2D eigenvalue weighted by Gasteiger charge is 2.40. The van der Waals surface area contributed by atoms with E-state index in [0.29, 0.717) is 0 Å². The van der Waals surface area contributed by atoms with Gasteiger partial charge < -0.3 is 4.42 Å². The summed E-state index contributed by atoms with van der Waals surface area (Å²) in [4.78, 5) is 3.73. The Kier molecular flexibility index (Phi) is 4.41. The summed E-state index contributed by atoms with van der Waals surface area (Å²) in [5.74, 6) is 0. The molecule has 1 aliphatic heterocycles. The predicted molar refractivity (Wildman–Crippen MR) is 156 cm³/mol. The summed E-state index contributed by atoms with van der Waals surface area (Å²) in [6, 6.07) is 23.7. The van der Waals surface area contributed by atoms with Crippen molar-refractivity contribution in [1.29, 1.82) is 0 Å². The maximum atomic E-state index is 7.55. The van der Waals surface area contributed by atoms with Gasteiger partial charge in [-0.1, -0.05) is 60.7 Å². The molecule has 1 aliphatic rings. The summed E-state index contributed by atoms with van der Waals surface area (Å²) in [5.41, 5.74) is 10.1. The number of pyridine rings is 1. The lowest BCUT2D eigenvalue weighted by molar-refractivity contribution is -0.659. The second kappa shape index (κ2) is 7.41. The Morgan fingerprint density at radius 1 is 0.838 bits per heavy atom. The number of rotatable bonds is 1. The van der Waals surface area contributed by atoms with Crippen LogP contribution in [0.2, 0.25) is 13.1 Å². The van der Waals surface area contributed by atoms with Crippen LogP contribution in [0.1, 0.15) is 11.1 Å². The number of hydrogen-bond donors (Lipinski definition) is 0. The van der Waals surface area contributed by atoms with Gasteiger partial charge in [-0.2, -0.15) is 0 Å². The van der Waals surface area contributed by atoms with Crippen molar-refractivity contribution in [3.63, 3.8) is 0 Å². The van der Waals surface area contributed by atoms with Gasteiger partial charge in [0.2, 0.25) is 5.69 Å². The Bertz CT molecular complexity index is 2010. The lowest BCUT2D eigenvalue weighted by Crippen LogP contribution is -2.49. The molecule has 6 aromatic rings. The number of benzene rings is 4. The molecule has 0 bridgehead atoms. The number of aryl methyl sites for hydroxylation is 2. The molecular weight excluding hydrogens is 468 g/mol. The molecule has 0 aliphatic carbocycles. The highest BCUT2D eigenvalue weighted by molar-refractivity contribution is 7.05. The lowest BCUT2D eigenvalue weighted by Gasteiger charge is -2.21. The smallest absolute Gasteiger partial charge is 0.224 e. The second-order valence-corrected chi connectivity index (χ2v) is 15.1. The SMILES string of the molecule is [C-]#[N+]c1ccc2c(c1)[Si](C)(C)c1c-2ccc2c(-c3c(C)c(C)cc4c3oc3ccccc34)[n+](C)ccc12. The molecule has 3 heterocycles. The molecule has 2 aromatic heterocycles. The fourth-order valence-electron chi connectivity index (χ4n) is 6.52. The van der Waals surface area contributed by atoms with Gasteiger partial charge in [0, 0.05) is 16.8 Å². The Morgan fingerprint density at radius 3 is 2.43 bits per heavy atom. The quantitative estimate of drug-likeness (QED) is 0.134. The van der Waals surface area contributed by atoms with E-state index in [2.05, 4.69) is 104 Å². The van der Waals surface area contributed by atoms with Gasteiger partial charge in [0.15, 0.2) is 11.9 Å². The van der Waals surface area contributed by atoms with Crippen LogP contribution < -0.4 is 14.9 Å². The molecular formula is C33H27N2OSi+. The summed E-state index contributed by atoms with van der Waals surface area (Å²) >= 11 is 0. The molecule has 0 saturated carbocycles. The van der Waals surface area contributed by atoms with Gasteiger partial charge in [0.25, 0.3) is 0 Å². The second-order valence-electron chi connectivity index (χ2n) is 10.9. The molecule has 0 saturated heterocycles. The number of nitrogens with zero attached hydrogens (tertiary/aromatic N) is 2. The summed E-state index contributed by atoms with van der Waals surface area (Å²) in [7, 11) is 0.121. The fourth-order valence-corrected chi connectivity index (χ4v) is 9.97. The minimum Gasteiger partial charge on any atom is -0.455 e. The Balaban J connectivity index is 1.60. The van der Waals surface area contributed by atoms with Crippen LogP contribution in [0.3, 0.4) is 0 Å². The van der Waals surface area contributed by atoms with Crippen LogP contribution in [-0.2, 0) is 7.05 Å². The zero-order valence-electron chi connectivity index (χ0n) is 21.7. The van der Waals surface area contributed by atoms with Crippen molar-refractivity contribution in [3.05, 3.63) is 95.5 Å². The number of fused-ring (bicyclic) bond motifs is 8. The van der Waals surface area contributed by atoms with E-state index in [1.54, 1.807) is 0 Å². The molecule has 3 nitrogen and oxygen atoms in total. The van der Waals surface area contributed by atoms with Gasteiger partial charge in [0.1, 0.15) is 26.3 Å². The normalized spacial score (nSPS) is 13.7. The third-order valence-corrected chi connectivity index (χ3v) is 12.0. The largest absolute Gasteiger partial charge is 0.455 e. The van der Waals surface area contributed by atoms with E-state index in [1.807, 2.05) is 12.1 Å². The first-order valence-corrected chi connectivity index (χ1v) is 15.7. The van der Waals surface area contributed by atoms with E-state index in [9.17, 15) is 0 Å². The third-order valence-electron chi connectivity index (χ3n) is 8.46. The molecule has 0 radical (unpaired) electrons. The van der Waals surface area contributed by atoms with Crippen LogP contribution in [0.4, 0.5) is 5.69 Å². The molecule has 0 amide bonds. The summed E-state index contributed by atoms with van der Waals surface area (Å²) in [5, 5.41) is 7.72. The standard InChI is InChI=1S/C33H27N2OSi/c1-19-17-27-22-9-7-8-10-28(22)36-32(27)30(20(19)2)31-24-13-14-25-23-12-11-21(34-3)18-29(23)37(5,6)33(25)26(24)15-16-35(31)4/h7-18H,1-2,4-6H3/q+1. The van der Waals surface area contributed by atoms with Crippen LogP contribution in [0.5, 0.6) is 0 Å². The molecule has 4 aromatic carbocycles. The fraction of sp³-hybridized carbons (Fsp3) is 0.152. The number of furan rings is 1. The molecule has 7 rings (SSSR count). The molecule has 0 unspecified atom stereocenters. The van der Waals surface area contributed by atoms with Crippen LogP contribution >= 0.6 is 0 Å². The van der Waals surface area contributed by atoms with E-state index in [0.717, 1.165) is 22.2 Å². The first-order chi connectivity index (χ1) is 17.8. The van der Waals surface area contributed by atoms with Crippen LogP contribution in [-0.4, -0.2) is 8.07 Å². The monoisotopic (exact) mass is 495 g/mol. The van der Waals surface area contributed by atoms with E-state index < -0.39 is 8.07 Å². The summed E-state index contributed by atoms with van der Waals surface area (Å²) in [6.45, 7) is 16.8. The Morgan fingerprint density at radius 2 is 1.62 bits per heavy atom. The highest BCUT2D eigenvalue weighted by Crippen LogP contribution is 2.41. The van der Waals surface area contributed by atoms with Gasteiger partial charge in [-0.05, 0) is 64.9 Å². The number of hydrogen-bond acceptors (Lipinski definition) is 1. The van der Waals surface area contributed by atoms with E-state index in [-0.39, 0.29) is 0 Å². The van der Waals surface area contributed by atoms with Crippen molar-refractivity contribution in [2.75, 3.05) is 0 Å². The van der Waals surface area contributed by atoms with Crippen molar-refractivity contribution >= 4 is 56.8 Å². The minimum atomic E-state index is -2.02. The van der Waals surface area contributed by atoms with Crippen LogP contribution in [0.15, 0.2) is 77.3 Å². The third kappa shape index (κ3) is 2.83. The van der Waals surface area contributed by atoms with E-state index in [4.69, 9.17) is 11.0 Å². The molecule has 0 spiro atoms. The topological polar surface area (TPSA) is 21.4 Å². The number of aromatic nitrogens is 1. The number of para-hydroxylation sites is 1. The van der Waals surface area contributed by atoms with Crippen molar-refractivity contribution in [2.45, 2.75) is 26.9 Å².